The number of rotatable bonds is 5. The molecule has 1 saturated heterocycles. The third-order valence-corrected chi connectivity index (χ3v) is 2.90. The molecule has 0 aromatic rings. The largest absolute Gasteiger partial charge is 0.481 e. The third kappa shape index (κ3) is 3.44. The van der Waals surface area contributed by atoms with Crippen molar-refractivity contribution in [3.8, 4) is 0 Å². The molecule has 0 bridgehead atoms. The van der Waals surface area contributed by atoms with E-state index < -0.39 is 11.6 Å². The number of hydrogen-bond acceptors (Lipinski definition) is 4. The normalized spacial score (nSPS) is 32.9. The van der Waals surface area contributed by atoms with E-state index in [4.69, 9.17) is 9.84 Å². The van der Waals surface area contributed by atoms with Gasteiger partial charge in [0, 0.05) is 25.6 Å². The molecule has 1 aliphatic rings. The van der Waals surface area contributed by atoms with E-state index >= 15 is 0 Å². The Bertz CT molecular complexity index is 233. The summed E-state index contributed by atoms with van der Waals surface area (Å²) in [6.45, 7) is 4.56. The van der Waals surface area contributed by atoms with Crippen molar-refractivity contribution in [2.24, 2.45) is 0 Å². The van der Waals surface area contributed by atoms with Gasteiger partial charge in [0.25, 0.3) is 0 Å². The maximum atomic E-state index is 10.4. The molecule has 0 aliphatic carbocycles. The van der Waals surface area contributed by atoms with Crippen LogP contribution in [0.2, 0.25) is 0 Å². The molecule has 0 aromatic carbocycles. The Kier molecular flexibility index (Phi) is 4.07. The number of aliphatic carboxylic acids is 1. The van der Waals surface area contributed by atoms with Crippen LogP contribution in [0.3, 0.4) is 0 Å². The minimum Gasteiger partial charge on any atom is -0.481 e. The lowest BCUT2D eigenvalue weighted by atomic mass is 9.96. The lowest BCUT2D eigenvalue weighted by Crippen LogP contribution is -2.48. The van der Waals surface area contributed by atoms with E-state index in [9.17, 15) is 9.90 Å². The minimum absolute atomic E-state index is 0.0608. The summed E-state index contributed by atoms with van der Waals surface area (Å²) in [6.07, 6.45) is 0.466. The first-order valence-electron chi connectivity index (χ1n) is 5.23. The van der Waals surface area contributed by atoms with Crippen LogP contribution < -0.4 is 5.32 Å². The molecule has 5 nitrogen and oxygen atoms in total. The zero-order valence-corrected chi connectivity index (χ0v) is 9.19. The molecule has 1 rings (SSSR count). The number of nitrogens with one attached hydrogen (secondary N) is 1. The first kappa shape index (κ1) is 12.4. The van der Waals surface area contributed by atoms with E-state index in [1.165, 1.54) is 0 Å². The SMILES string of the molecule is CC(CC(=O)O)NCC1(O)CCOC1C. The Morgan fingerprint density at radius 2 is 2.40 bits per heavy atom. The molecular formula is C10H19NO4. The van der Waals surface area contributed by atoms with E-state index in [1.54, 1.807) is 6.92 Å². The highest BCUT2D eigenvalue weighted by molar-refractivity contribution is 5.67. The van der Waals surface area contributed by atoms with Crippen LogP contribution in [0.15, 0.2) is 0 Å². The molecule has 1 aliphatic heterocycles. The molecule has 0 radical (unpaired) electrons. The van der Waals surface area contributed by atoms with Crippen LogP contribution in [0.25, 0.3) is 0 Å². The van der Waals surface area contributed by atoms with Crippen LogP contribution in [0.4, 0.5) is 0 Å². The van der Waals surface area contributed by atoms with Crippen molar-refractivity contribution in [2.75, 3.05) is 13.2 Å². The van der Waals surface area contributed by atoms with Gasteiger partial charge in [0.05, 0.1) is 12.5 Å². The third-order valence-electron chi connectivity index (χ3n) is 2.90. The zero-order valence-electron chi connectivity index (χ0n) is 9.19. The van der Waals surface area contributed by atoms with E-state index in [-0.39, 0.29) is 18.6 Å². The monoisotopic (exact) mass is 217 g/mol. The summed E-state index contributed by atoms with van der Waals surface area (Å²) in [6, 6.07) is -0.140. The standard InChI is InChI=1S/C10H19NO4/c1-7(5-9(12)13)11-6-10(14)3-4-15-8(10)2/h7-8,11,14H,3-6H2,1-2H3,(H,12,13). The van der Waals surface area contributed by atoms with E-state index in [0.717, 1.165) is 0 Å². The van der Waals surface area contributed by atoms with Crippen molar-refractivity contribution < 1.29 is 19.7 Å². The molecule has 5 heteroatoms. The van der Waals surface area contributed by atoms with E-state index in [1.807, 2.05) is 6.92 Å². The smallest absolute Gasteiger partial charge is 0.304 e. The number of carboxylic acid groups (broad SMARTS) is 1. The maximum absolute atomic E-state index is 10.4. The van der Waals surface area contributed by atoms with Crippen molar-refractivity contribution >= 4 is 5.97 Å². The molecular weight excluding hydrogens is 198 g/mol. The summed E-state index contributed by atoms with van der Waals surface area (Å²) in [7, 11) is 0. The van der Waals surface area contributed by atoms with Gasteiger partial charge in [-0.05, 0) is 13.8 Å². The van der Waals surface area contributed by atoms with Gasteiger partial charge >= 0.3 is 5.97 Å². The summed E-state index contributed by atoms with van der Waals surface area (Å²) >= 11 is 0. The Labute approximate surface area is 89.4 Å². The first-order chi connectivity index (χ1) is 6.94. The Morgan fingerprint density at radius 3 is 2.87 bits per heavy atom. The molecule has 1 heterocycles. The van der Waals surface area contributed by atoms with Gasteiger partial charge in [-0.3, -0.25) is 4.79 Å². The van der Waals surface area contributed by atoms with Gasteiger partial charge < -0.3 is 20.3 Å². The van der Waals surface area contributed by atoms with Gasteiger partial charge in [-0.1, -0.05) is 0 Å². The van der Waals surface area contributed by atoms with Gasteiger partial charge in [0.15, 0.2) is 0 Å². The maximum Gasteiger partial charge on any atom is 0.304 e. The highest BCUT2D eigenvalue weighted by Crippen LogP contribution is 2.24. The molecule has 3 unspecified atom stereocenters. The number of hydrogen-bond donors (Lipinski definition) is 3. The Hall–Kier alpha value is -0.650. The van der Waals surface area contributed by atoms with Crippen molar-refractivity contribution in [2.45, 2.75) is 44.4 Å². The van der Waals surface area contributed by atoms with Crippen LogP contribution >= 0.6 is 0 Å². The molecule has 3 atom stereocenters. The minimum atomic E-state index is -0.854. The van der Waals surface area contributed by atoms with Crippen molar-refractivity contribution in [3.63, 3.8) is 0 Å². The van der Waals surface area contributed by atoms with Crippen molar-refractivity contribution in [3.05, 3.63) is 0 Å². The van der Waals surface area contributed by atoms with E-state index in [2.05, 4.69) is 5.32 Å². The second-order valence-corrected chi connectivity index (χ2v) is 4.25. The molecule has 0 aromatic heterocycles. The van der Waals surface area contributed by atoms with E-state index in [0.29, 0.717) is 19.6 Å². The van der Waals surface area contributed by atoms with Gasteiger partial charge in [0.1, 0.15) is 5.60 Å². The summed E-state index contributed by atoms with van der Waals surface area (Å²) in [4.78, 5) is 10.4. The van der Waals surface area contributed by atoms with Gasteiger partial charge in [-0.25, -0.2) is 0 Å². The Balaban J connectivity index is 2.32. The molecule has 1 fully saturated rings. The fourth-order valence-electron chi connectivity index (χ4n) is 1.69. The summed E-state index contributed by atoms with van der Waals surface area (Å²) in [5, 5.41) is 21.7. The first-order valence-corrected chi connectivity index (χ1v) is 5.23. The van der Waals surface area contributed by atoms with Crippen LogP contribution in [0, 0.1) is 0 Å². The van der Waals surface area contributed by atoms with Crippen LogP contribution in [-0.2, 0) is 9.53 Å². The lowest BCUT2D eigenvalue weighted by Gasteiger charge is -2.27. The lowest BCUT2D eigenvalue weighted by molar-refractivity contribution is -0.137. The van der Waals surface area contributed by atoms with Crippen molar-refractivity contribution in [1.82, 2.24) is 5.32 Å². The predicted molar refractivity (Wildman–Crippen MR) is 54.7 cm³/mol. The highest BCUT2D eigenvalue weighted by atomic mass is 16.5. The number of carboxylic acids is 1. The molecule has 3 N–H and O–H groups in total. The highest BCUT2D eigenvalue weighted by Gasteiger charge is 2.39. The van der Waals surface area contributed by atoms with Gasteiger partial charge in [-0.2, -0.15) is 0 Å². The Morgan fingerprint density at radius 1 is 1.73 bits per heavy atom. The fourth-order valence-corrected chi connectivity index (χ4v) is 1.69. The quantitative estimate of drug-likeness (QED) is 0.603. The second kappa shape index (κ2) is 4.92. The summed E-state index contributed by atoms with van der Waals surface area (Å²) < 4.78 is 5.28. The second-order valence-electron chi connectivity index (χ2n) is 4.25. The zero-order chi connectivity index (χ0) is 11.5. The molecule has 0 spiro atoms. The average molecular weight is 217 g/mol. The topological polar surface area (TPSA) is 78.8 Å². The van der Waals surface area contributed by atoms with Crippen molar-refractivity contribution in [1.29, 1.82) is 0 Å². The molecule has 15 heavy (non-hydrogen) atoms. The van der Waals surface area contributed by atoms with Gasteiger partial charge in [-0.15, -0.1) is 0 Å². The molecule has 88 valence electrons. The summed E-state index contributed by atoms with van der Waals surface area (Å²) in [5.41, 5.74) is -0.854. The van der Waals surface area contributed by atoms with Crippen LogP contribution in [0.1, 0.15) is 26.7 Å². The molecule has 0 amide bonds. The average Bonchev–Trinajstić information content (AvgIpc) is 2.44. The van der Waals surface area contributed by atoms with Gasteiger partial charge in [0.2, 0.25) is 0 Å². The number of aliphatic hydroxyl groups is 1. The molecule has 0 saturated carbocycles. The number of ether oxygens (including phenoxy) is 1. The van der Waals surface area contributed by atoms with Crippen LogP contribution in [0.5, 0.6) is 0 Å². The predicted octanol–water partition coefficient (Wildman–Crippen LogP) is -0.0209. The van der Waals surface area contributed by atoms with Crippen LogP contribution in [-0.4, -0.2) is 47.1 Å². The number of carbonyl (C=O) groups is 1. The fraction of sp³-hybridized carbons (Fsp3) is 0.900. The summed E-state index contributed by atoms with van der Waals surface area (Å²) in [5.74, 6) is -0.835.